The molecule has 2 unspecified atom stereocenters. The number of nitrogens with one attached hydrogen (secondary N) is 4. The monoisotopic (exact) mass is 698 g/mol. The number of fused-ring (bicyclic) bond motifs is 2. The second-order valence-electron chi connectivity index (χ2n) is 17.1. The first-order valence-electron chi connectivity index (χ1n) is 19.8. The highest BCUT2D eigenvalue weighted by molar-refractivity contribution is 5.96. The van der Waals surface area contributed by atoms with Crippen LogP contribution in [0, 0.1) is 17.8 Å². The Morgan fingerprint density at radius 2 is 1.64 bits per heavy atom. The summed E-state index contributed by atoms with van der Waals surface area (Å²) in [6.45, 7) is 5.63. The number of ether oxygens (including phenoxy) is 1. The number of hydrogen-bond acceptors (Lipinski definition) is 8. The van der Waals surface area contributed by atoms with E-state index in [4.69, 9.17) is 4.74 Å². The van der Waals surface area contributed by atoms with Gasteiger partial charge in [0.15, 0.2) is 0 Å². The first kappa shape index (κ1) is 37.1. The second kappa shape index (κ2) is 15.9. The number of carboxylic acid groups (broad SMARTS) is 1. The molecular formula is C38H62N6O6. The van der Waals surface area contributed by atoms with Crippen LogP contribution in [0.25, 0.3) is 0 Å². The lowest BCUT2D eigenvalue weighted by Gasteiger charge is -2.32. The third-order valence-electron chi connectivity index (χ3n) is 12.2. The maximum Gasteiger partial charge on any atom is 0.408 e. The van der Waals surface area contributed by atoms with Gasteiger partial charge in [0.05, 0.1) is 6.04 Å². The molecule has 280 valence electrons. The van der Waals surface area contributed by atoms with Crippen molar-refractivity contribution in [2.45, 2.75) is 178 Å². The van der Waals surface area contributed by atoms with E-state index in [9.17, 15) is 24.3 Å². The van der Waals surface area contributed by atoms with Gasteiger partial charge in [0, 0.05) is 24.5 Å². The minimum Gasteiger partial charge on any atom is -0.479 e. The van der Waals surface area contributed by atoms with Gasteiger partial charge in [-0.15, -0.1) is 0 Å². The Hall–Kier alpha value is -2.70. The van der Waals surface area contributed by atoms with Gasteiger partial charge in [-0.25, -0.2) is 20.4 Å². The number of allylic oxidation sites excluding steroid dienone is 1. The molecule has 0 spiro atoms. The van der Waals surface area contributed by atoms with Crippen molar-refractivity contribution >= 4 is 23.9 Å². The smallest absolute Gasteiger partial charge is 0.408 e. The fourth-order valence-electron chi connectivity index (χ4n) is 9.38. The van der Waals surface area contributed by atoms with E-state index >= 15 is 0 Å². The summed E-state index contributed by atoms with van der Waals surface area (Å²) < 4.78 is 5.55. The summed E-state index contributed by atoms with van der Waals surface area (Å²) in [7, 11) is 0. The molecule has 6 rings (SSSR count). The lowest BCUT2D eigenvalue weighted by molar-refractivity contribution is -0.145. The van der Waals surface area contributed by atoms with E-state index in [2.05, 4.69) is 26.6 Å². The van der Waals surface area contributed by atoms with Crippen LogP contribution in [-0.4, -0.2) is 86.9 Å². The van der Waals surface area contributed by atoms with E-state index in [1.807, 2.05) is 12.2 Å². The Bertz CT molecular complexity index is 1260. The predicted octanol–water partition coefficient (Wildman–Crippen LogP) is 4.94. The Labute approximate surface area is 298 Å². The maximum atomic E-state index is 14.5. The van der Waals surface area contributed by atoms with Gasteiger partial charge in [0.2, 0.25) is 11.8 Å². The van der Waals surface area contributed by atoms with E-state index in [-0.39, 0.29) is 36.5 Å². The molecule has 3 aliphatic heterocycles. The number of amides is 3. The molecule has 0 radical (unpaired) electrons. The van der Waals surface area contributed by atoms with Crippen LogP contribution in [0.5, 0.6) is 0 Å². The fraction of sp³-hybridized carbons (Fsp3) is 0.842. The van der Waals surface area contributed by atoms with Crippen LogP contribution in [0.15, 0.2) is 12.2 Å². The molecule has 0 aromatic heterocycles. The number of hydrazine groups is 2. The molecule has 3 heterocycles. The quantitative estimate of drug-likeness (QED) is 0.243. The normalized spacial score (nSPS) is 36.0. The molecule has 12 nitrogen and oxygen atoms in total. The Morgan fingerprint density at radius 3 is 2.34 bits per heavy atom. The molecule has 2 saturated heterocycles. The van der Waals surface area contributed by atoms with Crippen molar-refractivity contribution in [3.05, 3.63) is 12.2 Å². The molecule has 3 aliphatic carbocycles. The van der Waals surface area contributed by atoms with E-state index in [0.717, 1.165) is 32.1 Å². The Morgan fingerprint density at radius 1 is 0.960 bits per heavy atom. The van der Waals surface area contributed by atoms with E-state index in [1.165, 1.54) is 64.2 Å². The number of rotatable bonds is 6. The standard InChI is InChI=1S/C38H62N6O6/c1-37(2,3)50-36(49)39-29-20-14-6-4-5-13-19-27-23-38(27,35(47)48)40-33(45)31-22-28(24-43(31)34(29)46)44-41-30(21-25-15-9-7-10-16-25)32(42-44)26-17-11-8-12-18-26/h13,19,25-32,41-42H,4-12,14-18,20-24H2,1-3H3,(H,39,49)(H,40,45)(H,47,48)/b19-13-/t27-,28+,29+,30?,31+,32?,38-/m1/s1. The Balaban J connectivity index is 1.25. The number of carbonyl (C=O) groups excluding carboxylic acids is 3. The van der Waals surface area contributed by atoms with Gasteiger partial charge in [-0.1, -0.05) is 76.4 Å². The molecule has 0 aromatic carbocycles. The average Bonchev–Trinajstić information content (AvgIpc) is 3.37. The van der Waals surface area contributed by atoms with Gasteiger partial charge >= 0.3 is 12.1 Å². The molecule has 5 N–H and O–H groups in total. The number of alkyl carbamates (subject to hydrolysis) is 1. The van der Waals surface area contributed by atoms with Gasteiger partial charge in [0.1, 0.15) is 23.2 Å². The van der Waals surface area contributed by atoms with Crippen molar-refractivity contribution in [3.8, 4) is 0 Å². The first-order valence-corrected chi connectivity index (χ1v) is 19.8. The number of nitrogens with zero attached hydrogens (tertiary/aromatic N) is 2. The predicted molar refractivity (Wildman–Crippen MR) is 189 cm³/mol. The highest BCUT2D eigenvalue weighted by Gasteiger charge is 2.61. The summed E-state index contributed by atoms with van der Waals surface area (Å²) in [5, 5.41) is 18.1. The number of carbonyl (C=O) groups is 4. The third-order valence-corrected chi connectivity index (χ3v) is 12.2. The zero-order valence-electron chi connectivity index (χ0n) is 30.6. The molecule has 12 heteroatoms. The molecule has 7 atom stereocenters. The van der Waals surface area contributed by atoms with Crippen molar-refractivity contribution in [1.29, 1.82) is 0 Å². The zero-order valence-corrected chi connectivity index (χ0v) is 30.6. The van der Waals surface area contributed by atoms with Gasteiger partial charge in [0.25, 0.3) is 0 Å². The van der Waals surface area contributed by atoms with Crippen LogP contribution in [0.3, 0.4) is 0 Å². The van der Waals surface area contributed by atoms with E-state index < -0.39 is 41.2 Å². The van der Waals surface area contributed by atoms with Crippen molar-refractivity contribution in [1.82, 2.24) is 31.5 Å². The fourth-order valence-corrected chi connectivity index (χ4v) is 9.38. The van der Waals surface area contributed by atoms with Crippen molar-refractivity contribution in [2.24, 2.45) is 17.8 Å². The van der Waals surface area contributed by atoms with Crippen molar-refractivity contribution < 1.29 is 29.0 Å². The largest absolute Gasteiger partial charge is 0.479 e. The van der Waals surface area contributed by atoms with Gasteiger partial charge < -0.3 is 25.4 Å². The maximum absolute atomic E-state index is 14.5. The zero-order chi connectivity index (χ0) is 35.5. The van der Waals surface area contributed by atoms with Crippen LogP contribution in [0.4, 0.5) is 4.79 Å². The average molecular weight is 699 g/mol. The summed E-state index contributed by atoms with van der Waals surface area (Å²) in [4.78, 5) is 55.8. The molecule has 3 amide bonds. The van der Waals surface area contributed by atoms with E-state index in [0.29, 0.717) is 31.1 Å². The van der Waals surface area contributed by atoms with Crippen LogP contribution < -0.4 is 21.5 Å². The highest BCUT2D eigenvalue weighted by Crippen LogP contribution is 2.45. The van der Waals surface area contributed by atoms with Gasteiger partial charge in [-0.05, 0) is 84.0 Å². The summed E-state index contributed by atoms with van der Waals surface area (Å²) in [5.41, 5.74) is 5.59. The highest BCUT2D eigenvalue weighted by atomic mass is 16.6. The van der Waals surface area contributed by atoms with Crippen LogP contribution >= 0.6 is 0 Å². The summed E-state index contributed by atoms with van der Waals surface area (Å²) >= 11 is 0. The van der Waals surface area contributed by atoms with E-state index in [1.54, 1.807) is 25.7 Å². The summed E-state index contributed by atoms with van der Waals surface area (Å²) in [5.74, 6) is -0.837. The topological polar surface area (TPSA) is 152 Å². The molecule has 3 saturated carbocycles. The molecule has 50 heavy (non-hydrogen) atoms. The van der Waals surface area contributed by atoms with Crippen LogP contribution in [-0.2, 0) is 19.1 Å². The summed E-state index contributed by atoms with van der Waals surface area (Å²) in [6, 6.07) is -1.39. The number of carboxylic acids is 1. The first-order chi connectivity index (χ1) is 23.9. The number of hydrogen-bond donors (Lipinski definition) is 5. The van der Waals surface area contributed by atoms with Gasteiger partial charge in [-0.2, -0.15) is 5.12 Å². The molecule has 5 fully saturated rings. The van der Waals surface area contributed by atoms with Gasteiger partial charge in [-0.3, -0.25) is 9.59 Å². The third kappa shape index (κ3) is 8.84. The summed E-state index contributed by atoms with van der Waals surface area (Å²) in [6.07, 6.45) is 21.4. The Kier molecular flexibility index (Phi) is 11.8. The number of aliphatic carboxylic acids is 1. The van der Waals surface area contributed by atoms with Crippen LogP contribution in [0.1, 0.15) is 136 Å². The molecule has 0 aromatic rings. The molecule has 0 bridgehead atoms. The van der Waals surface area contributed by atoms with Crippen molar-refractivity contribution in [3.63, 3.8) is 0 Å². The minimum absolute atomic E-state index is 0.214. The lowest BCUT2D eigenvalue weighted by atomic mass is 9.77. The molecular weight excluding hydrogens is 636 g/mol. The van der Waals surface area contributed by atoms with Crippen LogP contribution in [0.2, 0.25) is 0 Å². The SMILES string of the molecule is CC(C)(C)OC(=O)N[C@H]1CCCCC/C=C\[C@@H]2C[C@@]2(C(=O)O)NC(=O)[C@@H]2C[C@H](N3NC(CC4CCCCC4)C(C4CCCCC4)N3)CN2C1=O. The molecule has 6 aliphatic rings. The van der Waals surface area contributed by atoms with Crippen molar-refractivity contribution in [2.75, 3.05) is 6.54 Å². The second-order valence-corrected chi connectivity index (χ2v) is 17.1. The lowest BCUT2D eigenvalue weighted by Crippen LogP contribution is -2.56. The minimum atomic E-state index is -1.37.